The van der Waals surface area contributed by atoms with Crippen LogP contribution >= 0.6 is 0 Å². The molecule has 68 heavy (non-hydrogen) atoms. The second-order valence-corrected chi connectivity index (χ2v) is 27.2. The summed E-state index contributed by atoms with van der Waals surface area (Å²) < 4.78 is 7.42. The van der Waals surface area contributed by atoms with Crippen molar-refractivity contribution in [1.29, 1.82) is 0 Å². The maximum absolute atomic E-state index is 11.7. The Balaban J connectivity index is 0.000000467. The van der Waals surface area contributed by atoms with Crippen LogP contribution < -0.4 is 15.8 Å². The number of aliphatic hydroxyl groups excluding tert-OH is 1. The van der Waals surface area contributed by atoms with Crippen LogP contribution in [-0.2, 0) is 43.2 Å². The van der Waals surface area contributed by atoms with Gasteiger partial charge in [-0.2, -0.15) is 0 Å². The summed E-state index contributed by atoms with van der Waals surface area (Å²) in [5, 5.41) is 17.3. The molecule has 1 saturated carbocycles. The molecule has 0 saturated heterocycles. The molecule has 1 aliphatic carbocycles. The van der Waals surface area contributed by atoms with Crippen molar-refractivity contribution in [2.45, 2.75) is 172 Å². The number of carbonyl (C=O) groups excluding carboxylic acids is 1. The van der Waals surface area contributed by atoms with Crippen LogP contribution in [0.25, 0.3) is 33.0 Å². The van der Waals surface area contributed by atoms with Crippen molar-refractivity contribution < 1.29 is 34.4 Å². The maximum atomic E-state index is 11.7. The van der Waals surface area contributed by atoms with E-state index in [4.69, 9.17) is 9.40 Å². The third-order valence-corrected chi connectivity index (χ3v) is 19.6. The first-order chi connectivity index (χ1) is 31.7. The van der Waals surface area contributed by atoms with Crippen LogP contribution in [-0.4, -0.2) is 23.9 Å². The van der Waals surface area contributed by atoms with E-state index in [1.54, 1.807) is 0 Å². The molecule has 1 aliphatic rings. The fourth-order valence-electron chi connectivity index (χ4n) is 10.8. The Bertz CT molecular complexity index is 2530. The zero-order chi connectivity index (χ0) is 48.7. The van der Waals surface area contributed by atoms with Gasteiger partial charge in [0.15, 0.2) is 13.9 Å². The maximum Gasteiger partial charge on any atom is 0.196 e. The third kappa shape index (κ3) is 13.0. The van der Waals surface area contributed by atoms with Crippen molar-refractivity contribution in [3.05, 3.63) is 132 Å². The topological polar surface area (TPSA) is 63.3 Å². The van der Waals surface area contributed by atoms with Gasteiger partial charge in [0, 0.05) is 55.3 Å². The SMILES string of the molecule is CC(C)(C)Cc1ccc([Si](c2ccc(CC(C)(C)C)cc2)(c2cc3ccnc(-c4[c-]c5ccccc5c(C(C)(C)C)c4)c3o2)C2CCCCC2)cc1.CCC(CC)C(=O)/C=C(\O)C(CC)CC.[Ir]. The number of allylic oxidation sites excluding steroid dienone is 2. The molecule has 1 N–H and O–H groups in total. The molecule has 367 valence electrons. The number of aromatic nitrogens is 1. The van der Waals surface area contributed by atoms with Gasteiger partial charge in [-0.1, -0.05) is 200 Å². The van der Waals surface area contributed by atoms with Crippen LogP contribution in [0.4, 0.5) is 0 Å². The number of furan rings is 1. The molecule has 0 spiro atoms. The van der Waals surface area contributed by atoms with Gasteiger partial charge < -0.3 is 9.52 Å². The third-order valence-electron chi connectivity index (χ3n) is 14.2. The van der Waals surface area contributed by atoms with E-state index < -0.39 is 8.07 Å². The molecule has 1 radical (unpaired) electrons. The van der Waals surface area contributed by atoms with Crippen molar-refractivity contribution in [1.82, 2.24) is 4.98 Å². The molecular weight excluding hydrogens is 1030 g/mol. The Hall–Kier alpha value is -4.09. The van der Waals surface area contributed by atoms with Crippen LogP contribution in [0.15, 0.2) is 113 Å². The molecule has 4 nitrogen and oxygen atoms in total. The number of hydrogen-bond acceptors (Lipinski definition) is 4. The van der Waals surface area contributed by atoms with E-state index in [0.717, 1.165) is 71.5 Å². The van der Waals surface area contributed by atoms with Crippen LogP contribution in [0.1, 0.15) is 164 Å². The number of pyridine rings is 1. The summed E-state index contributed by atoms with van der Waals surface area (Å²) in [6.45, 7) is 28.9. The number of benzene rings is 4. The average molecular weight is 1110 g/mol. The summed E-state index contributed by atoms with van der Waals surface area (Å²) >= 11 is 0. The van der Waals surface area contributed by atoms with E-state index in [1.165, 1.54) is 70.6 Å². The Labute approximate surface area is 425 Å². The number of fused-ring (bicyclic) bond motifs is 2. The fraction of sp³-hybridized carbons (Fsp3) is 0.484. The van der Waals surface area contributed by atoms with Crippen LogP contribution in [0.5, 0.6) is 0 Å². The first kappa shape index (κ1) is 54.8. The normalized spacial score (nSPS) is 14.3. The van der Waals surface area contributed by atoms with E-state index in [0.29, 0.717) is 5.54 Å². The van der Waals surface area contributed by atoms with Gasteiger partial charge in [-0.15, -0.1) is 29.1 Å². The van der Waals surface area contributed by atoms with Crippen LogP contribution in [0.2, 0.25) is 5.54 Å². The summed E-state index contributed by atoms with van der Waals surface area (Å²) in [6, 6.07) is 38.8. The summed E-state index contributed by atoms with van der Waals surface area (Å²) in [6.07, 6.45) is 15.3. The second kappa shape index (κ2) is 23.2. The van der Waals surface area contributed by atoms with Gasteiger partial charge >= 0.3 is 0 Å². The Morgan fingerprint density at radius 2 is 1.26 bits per heavy atom. The molecule has 0 atom stereocenters. The number of aliphatic hydroxyl groups is 1. The van der Waals surface area contributed by atoms with Gasteiger partial charge in [0.2, 0.25) is 0 Å². The summed E-state index contributed by atoms with van der Waals surface area (Å²) in [5.41, 5.74) is 7.85. The second-order valence-electron chi connectivity index (χ2n) is 23.1. The van der Waals surface area contributed by atoms with E-state index in [-0.39, 0.29) is 59.7 Å². The number of hydrogen-bond donors (Lipinski definition) is 1. The molecule has 6 heteroatoms. The van der Waals surface area contributed by atoms with Gasteiger partial charge in [0.1, 0.15) is 5.58 Å². The van der Waals surface area contributed by atoms with Gasteiger partial charge in [-0.3, -0.25) is 9.78 Å². The van der Waals surface area contributed by atoms with Crippen molar-refractivity contribution in [2.75, 3.05) is 0 Å². The van der Waals surface area contributed by atoms with Gasteiger partial charge in [0.25, 0.3) is 0 Å². The molecule has 4 aromatic carbocycles. The monoisotopic (exact) mass is 1110 g/mol. The van der Waals surface area contributed by atoms with Crippen molar-refractivity contribution >= 4 is 51.4 Å². The van der Waals surface area contributed by atoms with Crippen LogP contribution in [0, 0.1) is 28.7 Å². The quantitative estimate of drug-likeness (QED) is 0.0511. The first-order valence-corrected chi connectivity index (χ1v) is 27.8. The first-order valence-electron chi connectivity index (χ1n) is 25.7. The van der Waals surface area contributed by atoms with E-state index >= 15 is 0 Å². The van der Waals surface area contributed by atoms with Gasteiger partial charge in [-0.25, -0.2) is 0 Å². The Kier molecular flexibility index (Phi) is 18.7. The summed E-state index contributed by atoms with van der Waals surface area (Å²) in [4.78, 5) is 16.8. The predicted octanol–water partition coefficient (Wildman–Crippen LogP) is 15.6. The molecule has 0 unspecified atom stereocenters. The van der Waals surface area contributed by atoms with Crippen LogP contribution in [0.3, 0.4) is 0 Å². The van der Waals surface area contributed by atoms with Crippen molar-refractivity contribution in [3.8, 4) is 11.3 Å². The Morgan fingerprint density at radius 3 is 1.76 bits per heavy atom. The van der Waals surface area contributed by atoms with E-state index in [9.17, 15) is 9.90 Å². The number of ketones is 1. The number of rotatable bonds is 14. The zero-order valence-corrected chi connectivity index (χ0v) is 47.3. The number of nitrogens with zero attached hydrogens (tertiary/aromatic N) is 1. The molecule has 0 amide bonds. The number of carbonyl (C=O) groups is 1. The summed E-state index contributed by atoms with van der Waals surface area (Å²) in [7, 11) is -2.68. The standard InChI is InChI=1S/C49H58NOSi.C13H24O2.Ir/c1-47(2,3)32-34-19-23-40(24-20-34)52(39-16-11-10-12-17-39,41-25-21-35(22-26-41)33-48(4,5)6)44-31-37-27-28-50-45(46(37)51-44)38-29-36-15-13-14-18-42(36)43(30-38)49(7,8)9;1-5-10(6-2)12(14)9-13(15)11(7-3)8-4;/h13-15,18-28,30-31,39H,10-12,16-17,32-33H2,1-9H3;9-11,14H,5-8H2,1-4H3;/q-1;;/b;12-9-;. The average Bonchev–Trinajstić information content (AvgIpc) is 3.72. The molecule has 7 rings (SSSR count). The molecule has 0 bridgehead atoms. The zero-order valence-electron chi connectivity index (χ0n) is 43.9. The molecule has 2 heterocycles. The fourth-order valence-corrected chi connectivity index (χ4v) is 16.3. The van der Waals surface area contributed by atoms with Gasteiger partial charge in [0.05, 0.1) is 11.1 Å². The molecule has 1 fully saturated rings. The molecule has 0 aliphatic heterocycles. The van der Waals surface area contributed by atoms with E-state index in [1.807, 2.05) is 33.9 Å². The smallest absolute Gasteiger partial charge is 0.196 e. The minimum Gasteiger partial charge on any atom is -0.512 e. The minimum atomic E-state index is -2.68. The Morgan fingerprint density at radius 1 is 0.735 bits per heavy atom. The minimum absolute atomic E-state index is 0. The summed E-state index contributed by atoms with van der Waals surface area (Å²) in [5.74, 6) is 0.547. The van der Waals surface area contributed by atoms with Crippen molar-refractivity contribution in [3.63, 3.8) is 0 Å². The van der Waals surface area contributed by atoms with Crippen molar-refractivity contribution in [2.24, 2.45) is 22.7 Å². The molecular formula is C62H82IrNO3Si-. The van der Waals surface area contributed by atoms with Gasteiger partial charge in [-0.05, 0) is 93.9 Å². The molecule has 6 aromatic rings. The largest absolute Gasteiger partial charge is 0.512 e. The molecule has 2 aromatic heterocycles. The van der Waals surface area contributed by atoms with E-state index in [2.05, 4.69) is 159 Å². The predicted molar refractivity (Wildman–Crippen MR) is 289 cm³/mol.